The number of halogens is 2. The van der Waals surface area contributed by atoms with Crippen LogP contribution in [0.1, 0.15) is 38.3 Å². The van der Waals surface area contributed by atoms with Crippen LogP contribution in [0.15, 0.2) is 76.4 Å². The number of fused-ring (bicyclic) bond motifs is 1. The van der Waals surface area contributed by atoms with Crippen LogP contribution >= 0.6 is 27.5 Å². The Labute approximate surface area is 218 Å². The predicted octanol–water partition coefficient (Wildman–Crippen LogP) is 7.85. The van der Waals surface area contributed by atoms with Gasteiger partial charge in [-0.1, -0.05) is 49.7 Å². The van der Waals surface area contributed by atoms with E-state index in [4.69, 9.17) is 16.3 Å². The fourth-order valence-electron chi connectivity index (χ4n) is 5.01. The average molecular weight is 554 g/mol. The molecular formula is C28H26BrClN2O3. The van der Waals surface area contributed by atoms with E-state index in [1.807, 2.05) is 54.4 Å². The van der Waals surface area contributed by atoms with Crippen LogP contribution in [-0.4, -0.2) is 17.9 Å². The monoisotopic (exact) mass is 552 g/mol. The molecule has 35 heavy (non-hydrogen) atoms. The maximum atomic E-state index is 13.6. The lowest BCUT2D eigenvalue weighted by Gasteiger charge is -2.36. The van der Waals surface area contributed by atoms with E-state index < -0.39 is 6.04 Å². The number of hydrogen-bond donors (Lipinski definition) is 2. The number of anilines is 2. The van der Waals surface area contributed by atoms with E-state index in [-0.39, 0.29) is 16.9 Å². The van der Waals surface area contributed by atoms with E-state index in [0.717, 1.165) is 21.4 Å². The summed E-state index contributed by atoms with van der Waals surface area (Å²) in [5.74, 6) is 1.51. The number of likely N-dealkylation sites (N-methyl/N-ethyl adjacent to an activating group) is 1. The number of nitrogens with zero attached hydrogens (tertiary/aromatic N) is 1. The third-order valence-corrected chi connectivity index (χ3v) is 7.57. The molecule has 2 N–H and O–H groups in total. The number of ether oxygens (including phenoxy) is 1. The van der Waals surface area contributed by atoms with Gasteiger partial charge in [-0.3, -0.25) is 4.79 Å². The first-order chi connectivity index (χ1) is 16.6. The third-order valence-electron chi connectivity index (χ3n) is 6.59. The lowest BCUT2D eigenvalue weighted by Crippen LogP contribution is -2.34. The first kappa shape index (κ1) is 23.8. The molecule has 0 saturated carbocycles. The normalized spacial score (nSPS) is 18.9. The van der Waals surface area contributed by atoms with Gasteiger partial charge < -0.3 is 20.1 Å². The highest BCUT2D eigenvalue weighted by molar-refractivity contribution is 9.10. The van der Waals surface area contributed by atoms with E-state index in [1.54, 1.807) is 18.2 Å². The van der Waals surface area contributed by atoms with Crippen molar-refractivity contribution in [2.45, 2.75) is 32.7 Å². The summed E-state index contributed by atoms with van der Waals surface area (Å²) >= 11 is 10.4. The summed E-state index contributed by atoms with van der Waals surface area (Å²) in [6.07, 6.45) is 1.13. The quantitative estimate of drug-likeness (QED) is 0.323. The minimum Gasteiger partial charge on any atom is -0.506 e. The second-order valence-electron chi connectivity index (χ2n) is 9.86. The van der Waals surface area contributed by atoms with Crippen molar-refractivity contribution in [2.75, 3.05) is 17.3 Å². The minimum absolute atomic E-state index is 0.0810. The van der Waals surface area contributed by atoms with E-state index in [9.17, 15) is 9.90 Å². The van der Waals surface area contributed by atoms with Gasteiger partial charge in [-0.15, -0.1) is 0 Å². The zero-order chi connectivity index (χ0) is 24.9. The molecule has 0 amide bonds. The number of Topliss-reactive ketones (excluding diaryl/α,β-unsaturated/α-hetero) is 1. The van der Waals surface area contributed by atoms with Crippen LogP contribution in [0.4, 0.5) is 11.4 Å². The number of rotatable bonds is 3. The second-order valence-corrected chi connectivity index (χ2v) is 11.1. The van der Waals surface area contributed by atoms with Crippen molar-refractivity contribution in [3.05, 3.63) is 87.0 Å². The fourth-order valence-corrected chi connectivity index (χ4v) is 5.65. The summed E-state index contributed by atoms with van der Waals surface area (Å²) in [5.41, 5.74) is 3.51. The molecule has 1 heterocycles. The van der Waals surface area contributed by atoms with Crippen molar-refractivity contribution >= 4 is 44.7 Å². The molecule has 0 spiro atoms. The van der Waals surface area contributed by atoms with Gasteiger partial charge >= 0.3 is 0 Å². The molecule has 0 radical (unpaired) electrons. The van der Waals surface area contributed by atoms with Crippen molar-refractivity contribution in [1.82, 2.24) is 0 Å². The molecule has 1 unspecified atom stereocenters. The number of nitrogens with one attached hydrogen (secondary N) is 1. The molecule has 180 valence electrons. The Balaban J connectivity index is 1.62. The number of phenolic OH excluding ortho intramolecular Hbond substituents is 1. The van der Waals surface area contributed by atoms with Crippen LogP contribution in [0.5, 0.6) is 17.2 Å². The second kappa shape index (κ2) is 8.92. The summed E-state index contributed by atoms with van der Waals surface area (Å²) in [4.78, 5) is 15.6. The van der Waals surface area contributed by atoms with Crippen LogP contribution in [0, 0.1) is 5.41 Å². The Morgan fingerprint density at radius 2 is 1.89 bits per heavy atom. The Morgan fingerprint density at radius 3 is 2.63 bits per heavy atom. The number of phenols is 1. The molecule has 5 nitrogen and oxygen atoms in total. The number of ketones is 1. The highest BCUT2D eigenvalue weighted by Crippen LogP contribution is 2.50. The maximum Gasteiger partial charge on any atom is 0.163 e. The highest BCUT2D eigenvalue weighted by atomic mass is 79.9. The molecule has 5 rings (SSSR count). The van der Waals surface area contributed by atoms with E-state index in [1.165, 1.54) is 0 Å². The number of benzene rings is 3. The largest absolute Gasteiger partial charge is 0.506 e. The van der Waals surface area contributed by atoms with Gasteiger partial charge in [-0.25, -0.2) is 0 Å². The molecule has 2 aliphatic rings. The van der Waals surface area contributed by atoms with Gasteiger partial charge in [-0.05, 0) is 69.7 Å². The SMILES string of the molecule is CN1c2cccc(O)c2NC2=C(C(=O)CC(C)(C)C2)C1c1ccc(Oc2ccccc2Br)cc1Cl. The Morgan fingerprint density at radius 1 is 1.11 bits per heavy atom. The van der Waals surface area contributed by atoms with Gasteiger partial charge in [0.1, 0.15) is 22.9 Å². The van der Waals surface area contributed by atoms with Crippen LogP contribution in [0.2, 0.25) is 5.02 Å². The molecule has 3 aromatic carbocycles. The lowest BCUT2D eigenvalue weighted by atomic mass is 9.73. The van der Waals surface area contributed by atoms with Crippen molar-refractivity contribution in [3.63, 3.8) is 0 Å². The van der Waals surface area contributed by atoms with Crippen LogP contribution in [0.25, 0.3) is 0 Å². The molecule has 3 aromatic rings. The summed E-state index contributed by atoms with van der Waals surface area (Å²) in [5, 5.41) is 14.6. The number of allylic oxidation sites excluding steroid dienone is 1. The molecule has 7 heteroatoms. The number of carbonyl (C=O) groups excluding carboxylic acids is 1. The summed E-state index contributed by atoms with van der Waals surface area (Å²) < 4.78 is 6.89. The van der Waals surface area contributed by atoms with E-state index in [0.29, 0.717) is 40.6 Å². The Kier molecular flexibility index (Phi) is 6.06. The number of hydrogen-bond acceptors (Lipinski definition) is 5. The minimum atomic E-state index is -0.422. The van der Waals surface area contributed by atoms with Crippen LogP contribution in [-0.2, 0) is 4.79 Å². The molecule has 1 aliphatic carbocycles. The van der Waals surface area contributed by atoms with Crippen molar-refractivity contribution < 1.29 is 14.6 Å². The van der Waals surface area contributed by atoms with E-state index in [2.05, 4.69) is 35.1 Å². The number of aromatic hydroxyl groups is 1. The lowest BCUT2D eigenvalue weighted by molar-refractivity contribution is -0.118. The van der Waals surface area contributed by atoms with Crippen molar-refractivity contribution in [3.8, 4) is 17.2 Å². The molecule has 0 bridgehead atoms. The Bertz CT molecular complexity index is 1370. The molecule has 0 fully saturated rings. The van der Waals surface area contributed by atoms with Gasteiger partial charge in [0.25, 0.3) is 0 Å². The maximum absolute atomic E-state index is 13.6. The molecule has 0 saturated heterocycles. The van der Waals surface area contributed by atoms with Crippen molar-refractivity contribution in [2.24, 2.45) is 5.41 Å². The smallest absolute Gasteiger partial charge is 0.163 e. The van der Waals surface area contributed by atoms with E-state index >= 15 is 0 Å². The standard InChI is InChI=1S/C28H26BrClN2O3/c1-28(2)14-20-25(23(34)15-28)27(32(3)21-8-6-9-22(33)26(21)31-20)17-12-11-16(13-19(17)30)35-24-10-5-4-7-18(24)29/h4-13,27,31,33H,14-15H2,1-3H3. The zero-order valence-electron chi connectivity index (χ0n) is 19.7. The van der Waals surface area contributed by atoms with Gasteiger partial charge in [-0.2, -0.15) is 0 Å². The topological polar surface area (TPSA) is 61.8 Å². The summed E-state index contributed by atoms with van der Waals surface area (Å²) in [7, 11) is 1.93. The fraction of sp³-hybridized carbons (Fsp3) is 0.250. The van der Waals surface area contributed by atoms with Crippen molar-refractivity contribution in [1.29, 1.82) is 0 Å². The first-order valence-electron chi connectivity index (χ1n) is 11.4. The van der Waals surface area contributed by atoms with Crippen LogP contribution < -0.4 is 15.0 Å². The van der Waals surface area contributed by atoms with Crippen LogP contribution in [0.3, 0.4) is 0 Å². The highest BCUT2D eigenvalue weighted by Gasteiger charge is 2.41. The summed E-state index contributed by atoms with van der Waals surface area (Å²) in [6.45, 7) is 4.18. The third kappa shape index (κ3) is 4.41. The average Bonchev–Trinajstić information content (AvgIpc) is 2.90. The zero-order valence-corrected chi connectivity index (χ0v) is 22.1. The number of para-hydroxylation sites is 2. The van der Waals surface area contributed by atoms with Gasteiger partial charge in [0.05, 0.1) is 16.2 Å². The van der Waals surface area contributed by atoms with Gasteiger partial charge in [0, 0.05) is 29.8 Å². The molecule has 1 atom stereocenters. The predicted molar refractivity (Wildman–Crippen MR) is 144 cm³/mol. The summed E-state index contributed by atoms with van der Waals surface area (Å²) in [6, 6.07) is 18.1. The molecule has 0 aromatic heterocycles. The molecular weight excluding hydrogens is 528 g/mol. The molecule has 1 aliphatic heterocycles. The van der Waals surface area contributed by atoms with Gasteiger partial charge in [0.15, 0.2) is 5.78 Å². The number of carbonyl (C=O) groups is 1. The Hall–Kier alpha value is -2.96. The van der Waals surface area contributed by atoms with Gasteiger partial charge in [0.2, 0.25) is 0 Å². The first-order valence-corrected chi connectivity index (χ1v) is 12.6.